The van der Waals surface area contributed by atoms with Gasteiger partial charge >= 0.3 is 0 Å². The van der Waals surface area contributed by atoms with E-state index in [0.29, 0.717) is 19.1 Å². The van der Waals surface area contributed by atoms with Gasteiger partial charge in [-0.2, -0.15) is 0 Å². The Morgan fingerprint density at radius 3 is 2.95 bits per heavy atom. The highest BCUT2D eigenvalue weighted by atomic mass is 16.7. The molecular formula is C14H20N2O4. The number of carbonyl (C=O) groups is 1. The van der Waals surface area contributed by atoms with Crippen molar-refractivity contribution in [3.63, 3.8) is 0 Å². The van der Waals surface area contributed by atoms with E-state index in [9.17, 15) is 4.79 Å². The van der Waals surface area contributed by atoms with Gasteiger partial charge in [-0.1, -0.05) is 6.08 Å². The highest BCUT2D eigenvalue weighted by Crippen LogP contribution is 2.23. The molecule has 2 unspecified atom stereocenters. The first-order valence-corrected chi connectivity index (χ1v) is 7.01. The Morgan fingerprint density at radius 1 is 1.40 bits per heavy atom. The molecule has 0 radical (unpaired) electrons. The van der Waals surface area contributed by atoms with Crippen LogP contribution in [-0.4, -0.2) is 51.1 Å². The second kappa shape index (κ2) is 5.95. The lowest BCUT2D eigenvalue weighted by Crippen LogP contribution is -2.57. The molecule has 2 atom stereocenters. The van der Waals surface area contributed by atoms with Crippen molar-refractivity contribution in [2.24, 2.45) is 5.92 Å². The highest BCUT2D eigenvalue weighted by molar-refractivity contribution is 5.70. The van der Waals surface area contributed by atoms with Gasteiger partial charge in [0.2, 0.25) is 0 Å². The molecule has 0 spiro atoms. The topological polar surface area (TPSA) is 68.8 Å². The quantitative estimate of drug-likeness (QED) is 0.687. The molecule has 0 aromatic rings. The van der Waals surface area contributed by atoms with E-state index in [1.54, 1.807) is 6.08 Å². The molecule has 2 fully saturated rings. The highest BCUT2D eigenvalue weighted by Gasteiger charge is 2.42. The molecule has 2 N–H and O–H groups in total. The van der Waals surface area contributed by atoms with Crippen LogP contribution in [-0.2, 0) is 19.0 Å². The zero-order valence-corrected chi connectivity index (χ0v) is 11.3. The predicted molar refractivity (Wildman–Crippen MR) is 71.8 cm³/mol. The molecular weight excluding hydrogens is 260 g/mol. The minimum atomic E-state index is -0.945. The Hall–Kier alpha value is -1.37. The van der Waals surface area contributed by atoms with Gasteiger partial charge < -0.3 is 29.6 Å². The summed E-state index contributed by atoms with van der Waals surface area (Å²) in [6, 6.07) is 0. The van der Waals surface area contributed by atoms with Crippen LogP contribution in [0.15, 0.2) is 24.0 Å². The molecule has 0 aliphatic carbocycles. The second-order valence-corrected chi connectivity index (χ2v) is 5.30. The van der Waals surface area contributed by atoms with Crippen LogP contribution < -0.4 is 10.6 Å². The van der Waals surface area contributed by atoms with Crippen LogP contribution in [0.2, 0.25) is 0 Å². The average Bonchev–Trinajstić information content (AvgIpc) is 3.18. The molecule has 0 amide bonds. The third kappa shape index (κ3) is 2.72. The summed E-state index contributed by atoms with van der Waals surface area (Å²) >= 11 is 0. The molecule has 3 heterocycles. The molecule has 3 aliphatic heterocycles. The van der Waals surface area contributed by atoms with E-state index < -0.39 is 11.8 Å². The fraction of sp³-hybridized carbons (Fsp3) is 0.643. The van der Waals surface area contributed by atoms with E-state index in [4.69, 9.17) is 14.2 Å². The number of carbonyl (C=O) groups excluding carboxylic acids is 1. The maximum Gasteiger partial charge on any atom is 0.191 e. The Morgan fingerprint density at radius 2 is 2.25 bits per heavy atom. The summed E-state index contributed by atoms with van der Waals surface area (Å²) in [5.41, 5.74) is -0.945. The van der Waals surface area contributed by atoms with E-state index in [0.717, 1.165) is 38.3 Å². The maximum absolute atomic E-state index is 11.5. The molecule has 2 saturated heterocycles. The van der Waals surface area contributed by atoms with E-state index >= 15 is 0 Å². The summed E-state index contributed by atoms with van der Waals surface area (Å²) in [5.74, 6) is 1.33. The molecule has 0 bridgehead atoms. The number of dihydropyridines is 1. The first-order chi connectivity index (χ1) is 9.82. The fourth-order valence-corrected chi connectivity index (χ4v) is 2.62. The first-order valence-electron chi connectivity index (χ1n) is 7.01. The lowest BCUT2D eigenvalue weighted by atomic mass is 9.97. The van der Waals surface area contributed by atoms with E-state index in [-0.39, 0.29) is 0 Å². The number of hydrogen-bond donors (Lipinski definition) is 2. The van der Waals surface area contributed by atoms with Crippen LogP contribution in [0.3, 0.4) is 0 Å². The summed E-state index contributed by atoms with van der Waals surface area (Å²) in [4.78, 5) is 11.5. The zero-order chi connectivity index (χ0) is 13.8. The summed E-state index contributed by atoms with van der Waals surface area (Å²) in [6.07, 6.45) is 6.88. The minimum absolute atomic E-state index is 0.516. The molecule has 0 aromatic carbocycles. The van der Waals surface area contributed by atoms with Gasteiger partial charge in [0.25, 0.3) is 0 Å². The molecule has 0 aromatic heterocycles. The summed E-state index contributed by atoms with van der Waals surface area (Å²) < 4.78 is 16.3. The Balaban J connectivity index is 1.60. The van der Waals surface area contributed by atoms with Gasteiger partial charge in [0, 0.05) is 19.1 Å². The number of allylic oxidation sites excluding steroid dienone is 2. The van der Waals surface area contributed by atoms with Crippen LogP contribution in [0, 0.1) is 5.92 Å². The maximum atomic E-state index is 11.5. The lowest BCUT2D eigenvalue weighted by Gasteiger charge is -2.34. The Labute approximate surface area is 118 Å². The summed E-state index contributed by atoms with van der Waals surface area (Å²) in [7, 11) is 0. The van der Waals surface area contributed by atoms with E-state index in [2.05, 4.69) is 10.6 Å². The summed E-state index contributed by atoms with van der Waals surface area (Å²) in [6.45, 7) is 3.49. The van der Waals surface area contributed by atoms with Crippen molar-refractivity contribution in [2.75, 3.05) is 33.0 Å². The molecule has 3 rings (SSSR count). The second-order valence-electron chi connectivity index (χ2n) is 5.30. The number of ether oxygens (including phenoxy) is 3. The van der Waals surface area contributed by atoms with Crippen molar-refractivity contribution in [3.8, 4) is 0 Å². The van der Waals surface area contributed by atoms with Gasteiger partial charge in [0.05, 0.1) is 25.6 Å². The van der Waals surface area contributed by atoms with Crippen molar-refractivity contribution in [1.82, 2.24) is 10.6 Å². The van der Waals surface area contributed by atoms with Crippen LogP contribution >= 0.6 is 0 Å². The van der Waals surface area contributed by atoms with Gasteiger partial charge in [-0.05, 0) is 18.6 Å². The van der Waals surface area contributed by atoms with Crippen molar-refractivity contribution in [2.45, 2.75) is 18.2 Å². The normalized spacial score (nSPS) is 33.8. The zero-order valence-electron chi connectivity index (χ0n) is 11.3. The first kappa shape index (κ1) is 13.6. The van der Waals surface area contributed by atoms with Crippen LogP contribution in [0.4, 0.5) is 0 Å². The van der Waals surface area contributed by atoms with E-state index in [1.807, 2.05) is 12.2 Å². The number of nitrogens with one attached hydrogen (secondary N) is 2. The molecule has 6 heteroatoms. The molecule has 6 nitrogen and oxygen atoms in total. The third-order valence-electron chi connectivity index (χ3n) is 3.80. The third-order valence-corrected chi connectivity index (χ3v) is 3.80. The number of hydrogen-bond acceptors (Lipinski definition) is 6. The lowest BCUT2D eigenvalue weighted by molar-refractivity contribution is -0.130. The van der Waals surface area contributed by atoms with Gasteiger partial charge in [-0.15, -0.1) is 0 Å². The van der Waals surface area contributed by atoms with Crippen LogP contribution in [0.5, 0.6) is 0 Å². The SMILES string of the molecule is O=CC1(C2OCCO2)C=CC=C(NCC2CCOC2)N1. The molecule has 20 heavy (non-hydrogen) atoms. The average molecular weight is 280 g/mol. The van der Waals surface area contributed by atoms with Gasteiger partial charge in [-0.25, -0.2) is 0 Å². The van der Waals surface area contributed by atoms with Crippen molar-refractivity contribution >= 4 is 6.29 Å². The monoisotopic (exact) mass is 280 g/mol. The van der Waals surface area contributed by atoms with Gasteiger partial charge in [0.1, 0.15) is 0 Å². The van der Waals surface area contributed by atoms with Crippen molar-refractivity contribution < 1.29 is 19.0 Å². The van der Waals surface area contributed by atoms with Crippen molar-refractivity contribution in [1.29, 1.82) is 0 Å². The largest absolute Gasteiger partial charge is 0.381 e. The standard InChI is InChI=1S/C14H20N2O4/c17-10-14(13-19-6-7-20-13)4-1-2-12(16-14)15-8-11-3-5-18-9-11/h1-2,4,10-11,13,15-16H,3,5-9H2. The smallest absolute Gasteiger partial charge is 0.191 e. The van der Waals surface area contributed by atoms with Crippen LogP contribution in [0.1, 0.15) is 6.42 Å². The fourth-order valence-electron chi connectivity index (χ4n) is 2.62. The molecule has 110 valence electrons. The van der Waals surface area contributed by atoms with Gasteiger partial charge in [-0.3, -0.25) is 0 Å². The number of rotatable bonds is 5. The van der Waals surface area contributed by atoms with Crippen LogP contribution in [0.25, 0.3) is 0 Å². The molecule has 0 saturated carbocycles. The van der Waals surface area contributed by atoms with Crippen molar-refractivity contribution in [3.05, 3.63) is 24.0 Å². The van der Waals surface area contributed by atoms with E-state index in [1.165, 1.54) is 0 Å². The Bertz CT molecular complexity index is 411. The predicted octanol–water partition coefficient (Wildman–Crippen LogP) is -0.0761. The Kier molecular flexibility index (Phi) is 4.05. The number of aldehydes is 1. The molecule has 3 aliphatic rings. The van der Waals surface area contributed by atoms with Gasteiger partial charge in [0.15, 0.2) is 18.1 Å². The minimum Gasteiger partial charge on any atom is -0.381 e. The summed E-state index contributed by atoms with van der Waals surface area (Å²) in [5, 5.41) is 6.51.